The molecule has 10 heteroatoms. The van der Waals surface area contributed by atoms with Crippen LogP contribution < -0.4 is 0 Å². The summed E-state index contributed by atoms with van der Waals surface area (Å²) in [7, 11) is 0. The first-order chi connectivity index (χ1) is 16.6. The van der Waals surface area contributed by atoms with Crippen molar-refractivity contribution in [2.45, 2.75) is 26.7 Å². The first-order valence-electron chi connectivity index (χ1n) is 11.6. The van der Waals surface area contributed by atoms with E-state index in [1.807, 2.05) is 0 Å². The van der Waals surface area contributed by atoms with Crippen molar-refractivity contribution in [3.8, 4) is 0 Å². The summed E-state index contributed by atoms with van der Waals surface area (Å²) >= 11 is 0. The zero-order valence-corrected chi connectivity index (χ0v) is 20.5. The predicted octanol–water partition coefficient (Wildman–Crippen LogP) is 3.80. The van der Waals surface area contributed by atoms with Gasteiger partial charge >= 0.3 is 0 Å². The number of fused-ring (bicyclic) bond motifs is 4. The Bertz CT molecular complexity index is 1510. The summed E-state index contributed by atoms with van der Waals surface area (Å²) in [6, 6.07) is 8.68. The van der Waals surface area contributed by atoms with Crippen molar-refractivity contribution < 1.29 is 9.13 Å². The second-order valence-corrected chi connectivity index (χ2v) is 9.00. The van der Waals surface area contributed by atoms with Crippen LogP contribution in [0.1, 0.15) is 28.1 Å². The van der Waals surface area contributed by atoms with Crippen LogP contribution >= 0.6 is 12.4 Å². The molecule has 0 atom stereocenters. The van der Waals surface area contributed by atoms with Gasteiger partial charge in [-0.2, -0.15) is 14.6 Å². The first-order valence-corrected chi connectivity index (χ1v) is 11.6. The molecule has 5 aromatic rings. The Morgan fingerprint density at radius 3 is 2.63 bits per heavy atom. The molecule has 35 heavy (non-hydrogen) atoms. The van der Waals surface area contributed by atoms with Gasteiger partial charge in [-0.25, -0.2) is 4.39 Å². The van der Waals surface area contributed by atoms with Gasteiger partial charge in [0.1, 0.15) is 11.3 Å². The summed E-state index contributed by atoms with van der Waals surface area (Å²) in [5.41, 5.74) is 7.25. The Kier molecular flexibility index (Phi) is 6.39. The standard InChI is InChI=1S/C25H26FN7O.ClH/c1-15-13-18(7-8-32-9-11-34-12-10-32)16(2)21-22(15)27-24-23(21)31-33-20(29-30-25(33)28-24)14-17-3-5-19(26)6-4-17;/h3-6,13H,7-12,14H2,1-2H3,(H,27,28,30);1H. The predicted molar refractivity (Wildman–Crippen MR) is 135 cm³/mol. The minimum absolute atomic E-state index is 0. The Morgan fingerprint density at radius 1 is 1.09 bits per heavy atom. The van der Waals surface area contributed by atoms with Crippen LogP contribution in [0.3, 0.4) is 0 Å². The zero-order valence-electron chi connectivity index (χ0n) is 19.7. The largest absolute Gasteiger partial charge is 0.379 e. The van der Waals surface area contributed by atoms with Crippen LogP contribution in [0.15, 0.2) is 30.3 Å². The number of aromatic amines is 1. The number of aryl methyl sites for hydroxylation is 2. The number of hydrogen-bond acceptors (Lipinski definition) is 6. The molecule has 1 aliphatic heterocycles. The number of H-pyrrole nitrogens is 1. The summed E-state index contributed by atoms with van der Waals surface area (Å²) in [4.78, 5) is 10.6. The molecule has 0 amide bonds. The van der Waals surface area contributed by atoms with Gasteiger partial charge in [0.25, 0.3) is 5.78 Å². The fourth-order valence-electron chi connectivity index (χ4n) is 4.85. The molecule has 1 fully saturated rings. The molecule has 0 aliphatic carbocycles. The number of halogens is 2. The topological polar surface area (TPSA) is 84.2 Å². The third kappa shape index (κ3) is 4.35. The van der Waals surface area contributed by atoms with Crippen molar-refractivity contribution >= 4 is 40.3 Å². The highest BCUT2D eigenvalue weighted by Crippen LogP contribution is 2.31. The lowest BCUT2D eigenvalue weighted by atomic mass is 9.98. The fourth-order valence-corrected chi connectivity index (χ4v) is 4.85. The van der Waals surface area contributed by atoms with E-state index in [-0.39, 0.29) is 18.2 Å². The molecule has 0 saturated carbocycles. The van der Waals surface area contributed by atoms with E-state index in [1.54, 1.807) is 16.6 Å². The van der Waals surface area contributed by atoms with Crippen LogP contribution in [0.2, 0.25) is 0 Å². The molecule has 0 unspecified atom stereocenters. The highest BCUT2D eigenvalue weighted by Gasteiger charge is 2.19. The Hall–Kier alpha value is -3.14. The van der Waals surface area contributed by atoms with Crippen molar-refractivity contribution in [2.24, 2.45) is 0 Å². The van der Waals surface area contributed by atoms with Gasteiger partial charge in [-0.1, -0.05) is 18.2 Å². The smallest absolute Gasteiger partial charge is 0.273 e. The molecule has 0 spiro atoms. The molecule has 0 bridgehead atoms. The molecule has 8 nitrogen and oxygen atoms in total. The van der Waals surface area contributed by atoms with Crippen molar-refractivity contribution in [1.82, 2.24) is 34.7 Å². The minimum Gasteiger partial charge on any atom is -0.379 e. The highest BCUT2D eigenvalue weighted by molar-refractivity contribution is 6.07. The van der Waals surface area contributed by atoms with Crippen LogP contribution in [0.4, 0.5) is 4.39 Å². The number of hydrogen-bond donors (Lipinski definition) is 1. The van der Waals surface area contributed by atoms with Gasteiger partial charge in [0.05, 0.1) is 18.7 Å². The molecule has 6 rings (SSSR count). The first kappa shape index (κ1) is 23.6. The van der Waals surface area contributed by atoms with E-state index in [0.29, 0.717) is 23.7 Å². The lowest BCUT2D eigenvalue weighted by Crippen LogP contribution is -2.37. The van der Waals surface area contributed by atoms with E-state index in [2.05, 4.69) is 40.0 Å². The van der Waals surface area contributed by atoms with Gasteiger partial charge < -0.3 is 9.72 Å². The number of aromatic nitrogens is 6. The number of nitrogens with one attached hydrogen (secondary N) is 1. The van der Waals surface area contributed by atoms with E-state index in [1.165, 1.54) is 28.8 Å². The number of nitrogens with zero attached hydrogens (tertiary/aromatic N) is 6. The SMILES string of the molecule is Cc1cc(CCN2CCOCC2)c(C)c2c1[nH]c1nc3nnc(Cc4ccc(F)cc4)n3nc12.Cl. The van der Waals surface area contributed by atoms with Gasteiger partial charge in [-0.3, -0.25) is 4.90 Å². The molecule has 1 saturated heterocycles. The normalized spacial score (nSPS) is 14.7. The van der Waals surface area contributed by atoms with Crippen molar-refractivity contribution in [2.75, 3.05) is 32.8 Å². The monoisotopic (exact) mass is 495 g/mol. The maximum atomic E-state index is 13.3. The fraction of sp³-hybridized carbons (Fsp3) is 0.360. The summed E-state index contributed by atoms with van der Waals surface area (Å²) in [5, 5.41) is 14.6. The van der Waals surface area contributed by atoms with Crippen LogP contribution in [0.5, 0.6) is 0 Å². The quantitative estimate of drug-likeness (QED) is 0.399. The van der Waals surface area contributed by atoms with Gasteiger partial charge in [0, 0.05) is 31.4 Å². The molecule has 1 N–H and O–H groups in total. The van der Waals surface area contributed by atoms with Gasteiger partial charge in [-0.05, 0) is 54.7 Å². The van der Waals surface area contributed by atoms with Gasteiger partial charge in [0.2, 0.25) is 0 Å². The highest BCUT2D eigenvalue weighted by atomic mass is 35.5. The maximum Gasteiger partial charge on any atom is 0.273 e. The van der Waals surface area contributed by atoms with Crippen molar-refractivity contribution in [3.05, 3.63) is 64.2 Å². The summed E-state index contributed by atoms with van der Waals surface area (Å²) < 4.78 is 20.5. The third-order valence-corrected chi connectivity index (χ3v) is 6.77. The molecule has 2 aromatic carbocycles. The molecule has 0 radical (unpaired) electrons. The van der Waals surface area contributed by atoms with Crippen molar-refractivity contribution in [1.29, 1.82) is 0 Å². The van der Waals surface area contributed by atoms with E-state index in [0.717, 1.165) is 61.3 Å². The second kappa shape index (κ2) is 9.49. The molecule has 1 aliphatic rings. The molecule has 4 heterocycles. The maximum absolute atomic E-state index is 13.3. The average Bonchev–Trinajstić information content (AvgIpc) is 3.42. The average molecular weight is 496 g/mol. The molecular weight excluding hydrogens is 469 g/mol. The van der Waals surface area contributed by atoms with Crippen LogP contribution in [0.25, 0.3) is 27.8 Å². The van der Waals surface area contributed by atoms with Crippen LogP contribution in [-0.4, -0.2) is 67.5 Å². The third-order valence-electron chi connectivity index (χ3n) is 6.77. The number of ether oxygens (including phenoxy) is 1. The van der Waals surface area contributed by atoms with E-state index in [9.17, 15) is 4.39 Å². The molecular formula is C25H27ClFN7O. The lowest BCUT2D eigenvalue weighted by molar-refractivity contribution is 0.0384. The Morgan fingerprint density at radius 2 is 1.86 bits per heavy atom. The molecule has 182 valence electrons. The lowest BCUT2D eigenvalue weighted by Gasteiger charge is -2.26. The number of benzene rings is 2. The van der Waals surface area contributed by atoms with E-state index < -0.39 is 0 Å². The second-order valence-electron chi connectivity index (χ2n) is 9.00. The summed E-state index contributed by atoms with van der Waals surface area (Å²) in [6.45, 7) is 8.90. The van der Waals surface area contributed by atoms with E-state index >= 15 is 0 Å². The van der Waals surface area contributed by atoms with Crippen LogP contribution in [-0.2, 0) is 17.6 Å². The van der Waals surface area contributed by atoms with Crippen molar-refractivity contribution in [3.63, 3.8) is 0 Å². The minimum atomic E-state index is -0.259. The number of rotatable bonds is 5. The van der Waals surface area contributed by atoms with E-state index in [4.69, 9.17) is 14.8 Å². The van der Waals surface area contributed by atoms with Gasteiger partial charge in [-0.15, -0.1) is 22.6 Å². The number of morpholine rings is 1. The summed E-state index contributed by atoms with van der Waals surface area (Å²) in [5.74, 6) is 0.854. The summed E-state index contributed by atoms with van der Waals surface area (Å²) in [6.07, 6.45) is 1.47. The van der Waals surface area contributed by atoms with Gasteiger partial charge in [0.15, 0.2) is 11.5 Å². The molecule has 3 aromatic heterocycles. The Balaban J connectivity index is 0.00000253. The Labute approximate surface area is 207 Å². The zero-order chi connectivity index (χ0) is 23.2. The van der Waals surface area contributed by atoms with Crippen LogP contribution in [0, 0.1) is 19.7 Å².